The zero-order valence-electron chi connectivity index (χ0n) is 9.81. The first-order valence-electron chi connectivity index (χ1n) is 5.49. The third kappa shape index (κ3) is 3.64. The fraction of sp³-hybridized carbons (Fsp3) is 0.538. The van der Waals surface area contributed by atoms with E-state index in [4.69, 9.17) is 23.2 Å². The molecule has 0 N–H and O–H groups in total. The van der Waals surface area contributed by atoms with Crippen molar-refractivity contribution in [3.8, 4) is 0 Å². The fourth-order valence-electron chi connectivity index (χ4n) is 1.88. The first kappa shape index (κ1) is 13.8. The highest BCUT2D eigenvalue weighted by Crippen LogP contribution is 2.26. The predicted molar refractivity (Wildman–Crippen MR) is 68.8 cm³/mol. The Morgan fingerprint density at radius 3 is 2.38 bits per heavy atom. The van der Waals surface area contributed by atoms with Crippen molar-refractivity contribution in [1.29, 1.82) is 0 Å². The average Bonchev–Trinajstić information content (AvgIpc) is 2.18. The smallest absolute Gasteiger partial charge is 0.126 e. The van der Waals surface area contributed by atoms with Gasteiger partial charge in [0.1, 0.15) is 5.82 Å². The van der Waals surface area contributed by atoms with Crippen LogP contribution in [0.15, 0.2) is 18.2 Å². The van der Waals surface area contributed by atoms with Crippen molar-refractivity contribution in [3.63, 3.8) is 0 Å². The van der Waals surface area contributed by atoms with E-state index < -0.39 is 0 Å². The van der Waals surface area contributed by atoms with Crippen molar-refractivity contribution >= 4 is 23.2 Å². The summed E-state index contributed by atoms with van der Waals surface area (Å²) < 4.78 is 13.6. The van der Waals surface area contributed by atoms with Gasteiger partial charge in [-0.3, -0.25) is 0 Å². The van der Waals surface area contributed by atoms with Crippen LogP contribution in [0.4, 0.5) is 4.39 Å². The van der Waals surface area contributed by atoms with Crippen LogP contribution < -0.4 is 0 Å². The lowest BCUT2D eigenvalue weighted by atomic mass is 9.87. The molecular formula is C13H17Cl2F. The largest absolute Gasteiger partial charge is 0.207 e. The first-order chi connectivity index (χ1) is 7.41. The van der Waals surface area contributed by atoms with E-state index in [0.717, 1.165) is 0 Å². The molecule has 1 aromatic carbocycles. The second kappa shape index (κ2) is 5.88. The molecule has 90 valence electrons. The summed E-state index contributed by atoms with van der Waals surface area (Å²) in [5, 5.41) is 0.597. The van der Waals surface area contributed by atoms with Gasteiger partial charge in [0, 0.05) is 10.4 Å². The molecule has 0 nitrogen and oxygen atoms in total. The number of rotatable bonds is 4. The van der Waals surface area contributed by atoms with E-state index in [1.54, 1.807) is 12.1 Å². The van der Waals surface area contributed by atoms with Gasteiger partial charge >= 0.3 is 0 Å². The van der Waals surface area contributed by atoms with Crippen molar-refractivity contribution in [2.75, 3.05) is 0 Å². The molecule has 0 aliphatic heterocycles. The molecule has 0 radical (unpaired) electrons. The lowest BCUT2D eigenvalue weighted by Crippen LogP contribution is -2.21. The van der Waals surface area contributed by atoms with Gasteiger partial charge in [0.25, 0.3) is 0 Å². The van der Waals surface area contributed by atoms with Crippen LogP contribution in [-0.4, -0.2) is 5.38 Å². The van der Waals surface area contributed by atoms with Crippen molar-refractivity contribution < 1.29 is 4.39 Å². The molecular weight excluding hydrogens is 246 g/mol. The summed E-state index contributed by atoms with van der Waals surface area (Å²) in [4.78, 5) is 0. The highest BCUT2D eigenvalue weighted by Gasteiger charge is 2.21. The number of hydrogen-bond donors (Lipinski definition) is 0. The molecule has 0 aliphatic carbocycles. The van der Waals surface area contributed by atoms with Gasteiger partial charge in [0.15, 0.2) is 0 Å². The fourth-order valence-corrected chi connectivity index (χ4v) is 2.46. The van der Waals surface area contributed by atoms with Crippen LogP contribution in [0.5, 0.6) is 0 Å². The van der Waals surface area contributed by atoms with E-state index in [-0.39, 0.29) is 17.1 Å². The maximum absolute atomic E-state index is 13.6. The Kier molecular flexibility index (Phi) is 5.07. The summed E-state index contributed by atoms with van der Waals surface area (Å²) in [5.41, 5.74) is 0.652. The summed E-state index contributed by atoms with van der Waals surface area (Å²) in [6.07, 6.45) is 0.634. The van der Waals surface area contributed by atoms with Gasteiger partial charge in [-0.2, -0.15) is 0 Å². The van der Waals surface area contributed by atoms with Crippen LogP contribution in [0.2, 0.25) is 5.02 Å². The summed E-state index contributed by atoms with van der Waals surface area (Å²) in [5.74, 6) is 0.480. The lowest BCUT2D eigenvalue weighted by molar-refractivity contribution is 0.371. The van der Waals surface area contributed by atoms with Gasteiger partial charge in [-0.05, 0) is 48.9 Å². The molecule has 0 heterocycles. The van der Waals surface area contributed by atoms with Gasteiger partial charge in [-0.25, -0.2) is 4.39 Å². The molecule has 0 aliphatic rings. The SMILES string of the molecule is CC(C)C(Cc1cc(Cl)ccc1F)C(C)Cl. The molecule has 3 heteroatoms. The van der Waals surface area contributed by atoms with Gasteiger partial charge in [0.05, 0.1) is 0 Å². The molecule has 0 spiro atoms. The summed E-state index contributed by atoms with van der Waals surface area (Å²) in [7, 11) is 0. The Bertz CT molecular complexity index is 340. The molecule has 0 saturated carbocycles. The highest BCUT2D eigenvalue weighted by atomic mass is 35.5. The molecule has 0 fully saturated rings. The van der Waals surface area contributed by atoms with E-state index in [1.165, 1.54) is 6.07 Å². The van der Waals surface area contributed by atoms with E-state index in [2.05, 4.69) is 13.8 Å². The third-order valence-electron chi connectivity index (χ3n) is 2.91. The maximum Gasteiger partial charge on any atom is 0.126 e. The molecule has 16 heavy (non-hydrogen) atoms. The highest BCUT2D eigenvalue weighted by molar-refractivity contribution is 6.30. The predicted octanol–water partition coefficient (Wildman–Crippen LogP) is 4.92. The van der Waals surface area contributed by atoms with Crippen LogP contribution in [0, 0.1) is 17.7 Å². The first-order valence-corrected chi connectivity index (χ1v) is 6.31. The molecule has 2 unspecified atom stereocenters. The molecule has 0 amide bonds. The second-order valence-corrected chi connectivity index (χ2v) is 5.65. The minimum absolute atomic E-state index is 0.0263. The quantitative estimate of drug-likeness (QED) is 0.676. The normalized spacial score (nSPS) is 15.2. The molecule has 0 saturated heterocycles. The van der Waals surface area contributed by atoms with Crippen LogP contribution in [0.3, 0.4) is 0 Å². The van der Waals surface area contributed by atoms with Gasteiger partial charge in [0.2, 0.25) is 0 Å². The topological polar surface area (TPSA) is 0 Å². The van der Waals surface area contributed by atoms with E-state index in [1.807, 2.05) is 6.92 Å². The van der Waals surface area contributed by atoms with E-state index in [9.17, 15) is 4.39 Å². The number of alkyl halides is 1. The van der Waals surface area contributed by atoms with Crippen LogP contribution in [-0.2, 0) is 6.42 Å². The minimum atomic E-state index is -0.202. The summed E-state index contributed by atoms with van der Waals surface area (Å²) >= 11 is 12.0. The maximum atomic E-state index is 13.6. The van der Waals surface area contributed by atoms with Crippen LogP contribution in [0.25, 0.3) is 0 Å². The van der Waals surface area contributed by atoms with Crippen molar-refractivity contribution in [2.45, 2.75) is 32.6 Å². The summed E-state index contributed by atoms with van der Waals surface area (Å²) in [6.45, 7) is 6.16. The molecule has 1 aromatic rings. The average molecular weight is 263 g/mol. The number of halogens is 3. The lowest BCUT2D eigenvalue weighted by Gasteiger charge is -2.23. The number of benzene rings is 1. The summed E-state index contributed by atoms with van der Waals surface area (Å²) in [6, 6.07) is 4.66. The number of hydrogen-bond acceptors (Lipinski definition) is 0. The Morgan fingerprint density at radius 1 is 1.25 bits per heavy atom. The van der Waals surface area contributed by atoms with Crippen molar-refractivity contribution in [3.05, 3.63) is 34.6 Å². The zero-order valence-corrected chi connectivity index (χ0v) is 11.3. The zero-order chi connectivity index (χ0) is 12.3. The second-order valence-electron chi connectivity index (χ2n) is 4.53. The molecule has 1 rings (SSSR count). The van der Waals surface area contributed by atoms with Gasteiger partial charge in [-0.1, -0.05) is 25.4 Å². The molecule has 0 aromatic heterocycles. The Hall–Kier alpha value is -0.270. The Morgan fingerprint density at radius 2 is 1.88 bits per heavy atom. The van der Waals surface area contributed by atoms with Gasteiger partial charge < -0.3 is 0 Å². The molecule has 0 bridgehead atoms. The van der Waals surface area contributed by atoms with Crippen molar-refractivity contribution in [2.24, 2.45) is 11.8 Å². The molecule has 2 atom stereocenters. The Balaban J connectivity index is 2.89. The minimum Gasteiger partial charge on any atom is -0.207 e. The Labute approximate surface area is 107 Å². The standard InChI is InChI=1S/C13H17Cl2F/c1-8(2)12(9(3)14)7-10-6-11(15)4-5-13(10)16/h4-6,8-9,12H,7H2,1-3H3. The van der Waals surface area contributed by atoms with E-state index >= 15 is 0 Å². The van der Waals surface area contributed by atoms with E-state index in [0.29, 0.717) is 22.9 Å². The monoisotopic (exact) mass is 262 g/mol. The van der Waals surface area contributed by atoms with Gasteiger partial charge in [-0.15, -0.1) is 11.6 Å². The van der Waals surface area contributed by atoms with Crippen LogP contribution >= 0.6 is 23.2 Å². The van der Waals surface area contributed by atoms with Crippen molar-refractivity contribution in [1.82, 2.24) is 0 Å². The third-order valence-corrected chi connectivity index (χ3v) is 3.47. The van der Waals surface area contributed by atoms with Crippen LogP contribution in [0.1, 0.15) is 26.3 Å².